The molecule has 0 saturated heterocycles. The Morgan fingerprint density at radius 3 is 2.50 bits per heavy atom. The van der Waals surface area contributed by atoms with E-state index in [2.05, 4.69) is 4.72 Å². The molecular weight excluding hydrogens is 280 g/mol. The minimum Gasteiger partial charge on any atom is -0.481 e. The quantitative estimate of drug-likeness (QED) is 0.854. The van der Waals surface area contributed by atoms with Gasteiger partial charge in [-0.3, -0.25) is 4.79 Å². The Hall–Kier alpha value is -1.91. The predicted molar refractivity (Wildman–Crippen MR) is 72.5 cm³/mol. The first-order chi connectivity index (χ1) is 9.07. The van der Waals surface area contributed by atoms with E-state index in [4.69, 9.17) is 10.4 Å². The molecule has 0 heterocycles. The maximum Gasteiger partial charge on any atom is 0.305 e. The number of sulfonamides is 1. The second-order valence-corrected chi connectivity index (χ2v) is 6.80. The Kier molecular flexibility index (Phi) is 4.53. The Morgan fingerprint density at radius 2 is 2.05 bits per heavy atom. The van der Waals surface area contributed by atoms with Crippen LogP contribution in [0.25, 0.3) is 0 Å². The maximum absolute atomic E-state index is 12.3. The van der Waals surface area contributed by atoms with E-state index in [1.807, 2.05) is 6.07 Å². The van der Waals surface area contributed by atoms with Crippen LogP contribution >= 0.6 is 0 Å². The summed E-state index contributed by atoms with van der Waals surface area (Å²) in [5.41, 5.74) is -0.306. The lowest BCUT2D eigenvalue weighted by Gasteiger charge is -2.24. The average Bonchev–Trinajstić information content (AvgIpc) is 2.24. The molecule has 20 heavy (non-hydrogen) atoms. The summed E-state index contributed by atoms with van der Waals surface area (Å²) in [4.78, 5) is 10.8. The number of nitrogens with one attached hydrogen (secondary N) is 1. The van der Waals surface area contributed by atoms with Crippen LogP contribution in [-0.4, -0.2) is 25.0 Å². The molecule has 6 nitrogen and oxygen atoms in total. The van der Waals surface area contributed by atoms with Gasteiger partial charge >= 0.3 is 5.97 Å². The van der Waals surface area contributed by atoms with Crippen molar-refractivity contribution in [1.29, 1.82) is 5.26 Å². The fourth-order valence-electron chi connectivity index (χ4n) is 1.85. The summed E-state index contributed by atoms with van der Waals surface area (Å²) >= 11 is 0. The van der Waals surface area contributed by atoms with Crippen LogP contribution in [0.5, 0.6) is 0 Å². The number of nitrogens with zero attached hydrogens (tertiary/aromatic N) is 1. The van der Waals surface area contributed by atoms with E-state index in [1.54, 1.807) is 6.92 Å². The molecule has 1 rings (SSSR count). The van der Waals surface area contributed by atoms with Crippen molar-refractivity contribution in [2.24, 2.45) is 0 Å². The number of carboxylic acids is 1. The molecule has 1 aromatic rings. The molecule has 0 fully saturated rings. The molecule has 0 aliphatic carbocycles. The highest BCUT2D eigenvalue weighted by Gasteiger charge is 2.29. The van der Waals surface area contributed by atoms with E-state index in [9.17, 15) is 13.2 Å². The highest BCUT2D eigenvalue weighted by molar-refractivity contribution is 7.89. The fraction of sp³-hybridized carbons (Fsp3) is 0.385. The zero-order valence-corrected chi connectivity index (χ0v) is 12.3. The summed E-state index contributed by atoms with van der Waals surface area (Å²) in [7, 11) is -3.84. The predicted octanol–water partition coefficient (Wildman–Crippen LogP) is 1.40. The molecule has 0 aromatic heterocycles. The van der Waals surface area contributed by atoms with Gasteiger partial charge in [-0.15, -0.1) is 0 Å². The first-order valence-corrected chi connectivity index (χ1v) is 7.32. The SMILES string of the molecule is Cc1cc(C#N)ccc1S(=O)(=O)NC(C)(C)CC(=O)O. The highest BCUT2D eigenvalue weighted by Crippen LogP contribution is 2.20. The number of aliphatic carboxylic acids is 1. The van der Waals surface area contributed by atoms with Crippen LogP contribution in [0.4, 0.5) is 0 Å². The number of nitriles is 1. The van der Waals surface area contributed by atoms with Gasteiger partial charge in [0.25, 0.3) is 0 Å². The Morgan fingerprint density at radius 1 is 1.45 bits per heavy atom. The molecule has 2 N–H and O–H groups in total. The van der Waals surface area contributed by atoms with Crippen molar-refractivity contribution >= 4 is 16.0 Å². The number of hydrogen-bond acceptors (Lipinski definition) is 4. The minimum absolute atomic E-state index is 0.0370. The van der Waals surface area contributed by atoms with Crippen molar-refractivity contribution < 1.29 is 18.3 Å². The topological polar surface area (TPSA) is 107 Å². The van der Waals surface area contributed by atoms with E-state index in [0.717, 1.165) is 0 Å². The number of carbonyl (C=O) groups is 1. The molecule has 0 atom stereocenters. The van der Waals surface area contributed by atoms with Crippen LogP contribution in [0.1, 0.15) is 31.4 Å². The molecule has 0 amide bonds. The lowest BCUT2D eigenvalue weighted by Crippen LogP contribution is -2.44. The van der Waals surface area contributed by atoms with Crippen molar-refractivity contribution in [3.63, 3.8) is 0 Å². The van der Waals surface area contributed by atoms with Crippen molar-refractivity contribution in [3.05, 3.63) is 29.3 Å². The van der Waals surface area contributed by atoms with Crippen molar-refractivity contribution in [3.8, 4) is 6.07 Å². The average molecular weight is 296 g/mol. The third kappa shape index (κ3) is 4.05. The largest absolute Gasteiger partial charge is 0.481 e. The standard InChI is InChI=1S/C13H16N2O4S/c1-9-6-10(8-14)4-5-11(9)20(18,19)15-13(2,3)7-12(16)17/h4-6,15H,7H2,1-3H3,(H,16,17). The molecular formula is C13H16N2O4S. The van der Waals surface area contributed by atoms with Gasteiger partial charge in [-0.2, -0.15) is 5.26 Å². The van der Waals surface area contributed by atoms with Gasteiger partial charge in [0, 0.05) is 5.54 Å². The lowest BCUT2D eigenvalue weighted by atomic mass is 10.0. The molecule has 0 aliphatic heterocycles. The Labute approximate surface area is 118 Å². The first kappa shape index (κ1) is 16.1. The molecule has 7 heteroatoms. The highest BCUT2D eigenvalue weighted by atomic mass is 32.2. The molecule has 0 saturated carbocycles. The zero-order valence-electron chi connectivity index (χ0n) is 11.5. The van der Waals surface area contributed by atoms with Crippen LogP contribution in [0.3, 0.4) is 0 Å². The number of aryl methyl sites for hydroxylation is 1. The van der Waals surface area contributed by atoms with Crippen LogP contribution in [-0.2, 0) is 14.8 Å². The maximum atomic E-state index is 12.3. The molecule has 0 radical (unpaired) electrons. The normalized spacial score (nSPS) is 11.9. The minimum atomic E-state index is -3.84. The van der Waals surface area contributed by atoms with E-state index in [-0.39, 0.29) is 11.3 Å². The van der Waals surface area contributed by atoms with Crippen LogP contribution in [0.2, 0.25) is 0 Å². The van der Waals surface area contributed by atoms with Crippen LogP contribution in [0, 0.1) is 18.3 Å². The number of carboxylic acid groups (broad SMARTS) is 1. The molecule has 1 aromatic carbocycles. The summed E-state index contributed by atoms with van der Waals surface area (Å²) in [6.07, 6.45) is -0.332. The van der Waals surface area contributed by atoms with Crippen molar-refractivity contribution in [2.75, 3.05) is 0 Å². The van der Waals surface area contributed by atoms with E-state index in [1.165, 1.54) is 32.0 Å². The summed E-state index contributed by atoms with van der Waals surface area (Å²) in [5, 5.41) is 17.5. The molecule has 108 valence electrons. The summed E-state index contributed by atoms with van der Waals surface area (Å²) in [6, 6.07) is 6.15. The molecule has 0 unspecified atom stereocenters. The lowest BCUT2D eigenvalue weighted by molar-refractivity contribution is -0.138. The van der Waals surface area contributed by atoms with E-state index in [0.29, 0.717) is 11.1 Å². The number of benzene rings is 1. The van der Waals surface area contributed by atoms with Gasteiger partial charge in [-0.1, -0.05) is 0 Å². The van der Waals surface area contributed by atoms with Gasteiger partial charge in [0.2, 0.25) is 10.0 Å². The smallest absolute Gasteiger partial charge is 0.305 e. The third-order valence-electron chi connectivity index (χ3n) is 2.60. The van der Waals surface area contributed by atoms with Gasteiger partial charge in [-0.25, -0.2) is 13.1 Å². The second kappa shape index (κ2) is 5.61. The van der Waals surface area contributed by atoms with Gasteiger partial charge in [0.05, 0.1) is 22.9 Å². The van der Waals surface area contributed by atoms with Crippen LogP contribution in [0.15, 0.2) is 23.1 Å². The monoisotopic (exact) mass is 296 g/mol. The second-order valence-electron chi connectivity index (χ2n) is 5.15. The van der Waals surface area contributed by atoms with E-state index >= 15 is 0 Å². The number of hydrogen-bond donors (Lipinski definition) is 2. The molecule has 0 spiro atoms. The zero-order chi connectivity index (χ0) is 15.6. The Bertz CT molecular complexity index is 672. The summed E-state index contributed by atoms with van der Waals surface area (Å²) in [5.74, 6) is -1.09. The molecule has 0 aliphatic rings. The third-order valence-corrected chi connectivity index (χ3v) is 4.46. The van der Waals surface area contributed by atoms with E-state index < -0.39 is 21.5 Å². The van der Waals surface area contributed by atoms with Gasteiger partial charge < -0.3 is 5.11 Å². The summed E-state index contributed by atoms with van der Waals surface area (Å²) < 4.78 is 26.9. The fourth-order valence-corrected chi connectivity index (χ4v) is 3.49. The number of rotatable bonds is 5. The van der Waals surface area contributed by atoms with Gasteiger partial charge in [0.1, 0.15) is 0 Å². The Balaban J connectivity index is 3.12. The molecule has 0 bridgehead atoms. The summed E-state index contributed by atoms with van der Waals surface area (Å²) in [6.45, 7) is 4.58. The van der Waals surface area contributed by atoms with Gasteiger partial charge in [0.15, 0.2) is 0 Å². The van der Waals surface area contributed by atoms with Gasteiger partial charge in [-0.05, 0) is 44.5 Å². The first-order valence-electron chi connectivity index (χ1n) is 5.84. The van der Waals surface area contributed by atoms with Crippen molar-refractivity contribution in [2.45, 2.75) is 37.6 Å². The van der Waals surface area contributed by atoms with Crippen molar-refractivity contribution in [1.82, 2.24) is 4.72 Å². The van der Waals surface area contributed by atoms with Crippen LogP contribution < -0.4 is 4.72 Å².